The Bertz CT molecular complexity index is 340. The van der Waals surface area contributed by atoms with E-state index in [0.717, 1.165) is 23.6 Å². The molecule has 0 aliphatic heterocycles. The summed E-state index contributed by atoms with van der Waals surface area (Å²) in [4.78, 5) is 14.7. The van der Waals surface area contributed by atoms with Gasteiger partial charge in [0.1, 0.15) is 0 Å². The number of hydrogen-bond donors (Lipinski definition) is 2. The van der Waals surface area contributed by atoms with Crippen LogP contribution in [0.4, 0.5) is 0 Å². The molecule has 0 aliphatic carbocycles. The van der Waals surface area contributed by atoms with E-state index in [9.17, 15) is 4.79 Å². The second kappa shape index (κ2) is 6.50. The summed E-state index contributed by atoms with van der Waals surface area (Å²) in [5.74, 6) is 0.728. The molecule has 0 saturated heterocycles. The van der Waals surface area contributed by atoms with Crippen LogP contribution in [0.15, 0.2) is 18.3 Å². The number of carbonyl (C=O) groups is 1. The Hall–Kier alpha value is -1.07. The molecule has 88 valence electrons. The van der Waals surface area contributed by atoms with Gasteiger partial charge >= 0.3 is 5.97 Å². The molecule has 0 spiro atoms. The largest absolute Gasteiger partial charge is 0.478 e. The molecule has 16 heavy (non-hydrogen) atoms. The normalized spacial score (nSPS) is 12.4. The summed E-state index contributed by atoms with van der Waals surface area (Å²) in [5, 5.41) is 8.69. The third-order valence-electron chi connectivity index (χ3n) is 2.18. The zero-order chi connectivity index (χ0) is 12.0. The third-order valence-corrected chi connectivity index (χ3v) is 3.34. The van der Waals surface area contributed by atoms with Crippen molar-refractivity contribution in [2.45, 2.75) is 25.1 Å². The lowest BCUT2D eigenvalue weighted by molar-refractivity contribution is 0.0696. The van der Waals surface area contributed by atoms with E-state index in [-0.39, 0.29) is 11.6 Å². The molecule has 1 aromatic rings. The minimum absolute atomic E-state index is 0.221. The molecule has 3 N–H and O–H groups in total. The lowest BCUT2D eigenvalue weighted by Crippen LogP contribution is -2.21. The van der Waals surface area contributed by atoms with Crippen LogP contribution in [-0.4, -0.2) is 27.9 Å². The first-order chi connectivity index (χ1) is 7.63. The van der Waals surface area contributed by atoms with Crippen LogP contribution in [0.5, 0.6) is 0 Å². The maximum atomic E-state index is 10.6. The van der Waals surface area contributed by atoms with Gasteiger partial charge in [0.15, 0.2) is 0 Å². The smallest absolute Gasteiger partial charge is 0.337 e. The average molecular weight is 240 g/mol. The fourth-order valence-electron chi connectivity index (χ4n) is 1.07. The molecule has 1 atom stereocenters. The van der Waals surface area contributed by atoms with Crippen molar-refractivity contribution < 1.29 is 9.90 Å². The lowest BCUT2D eigenvalue weighted by atomic mass is 10.2. The zero-order valence-corrected chi connectivity index (χ0v) is 10.0. The predicted molar refractivity (Wildman–Crippen MR) is 65.6 cm³/mol. The van der Waals surface area contributed by atoms with Crippen molar-refractivity contribution >= 4 is 17.7 Å². The van der Waals surface area contributed by atoms with Gasteiger partial charge in [-0.05, 0) is 18.6 Å². The summed E-state index contributed by atoms with van der Waals surface area (Å²) in [6, 6.07) is 3.54. The van der Waals surface area contributed by atoms with E-state index in [1.807, 2.05) is 0 Å². The van der Waals surface area contributed by atoms with Gasteiger partial charge in [-0.2, -0.15) is 11.8 Å². The number of carboxylic acids is 1. The highest BCUT2D eigenvalue weighted by molar-refractivity contribution is 7.98. The van der Waals surface area contributed by atoms with E-state index < -0.39 is 5.97 Å². The molecule has 4 nitrogen and oxygen atoms in total. The quantitative estimate of drug-likeness (QED) is 0.792. The summed E-state index contributed by atoms with van der Waals surface area (Å²) in [6.07, 6.45) is 2.36. The number of rotatable bonds is 6. The van der Waals surface area contributed by atoms with Gasteiger partial charge in [-0.1, -0.05) is 6.92 Å². The van der Waals surface area contributed by atoms with E-state index >= 15 is 0 Å². The standard InChI is InChI=1S/C11H16N2O2S/c1-2-9(12)6-16-7-10-4-3-8(5-13-10)11(14)15/h3-5,9H,2,6-7,12H2,1H3,(H,14,15). The monoisotopic (exact) mass is 240 g/mol. The topological polar surface area (TPSA) is 76.2 Å². The first kappa shape index (κ1) is 13.0. The molecule has 1 aromatic heterocycles. The Morgan fingerprint density at radius 3 is 2.88 bits per heavy atom. The summed E-state index contributed by atoms with van der Waals surface area (Å²) >= 11 is 1.72. The fraction of sp³-hybridized carbons (Fsp3) is 0.455. The molecular weight excluding hydrogens is 224 g/mol. The molecule has 0 saturated carbocycles. The molecular formula is C11H16N2O2S. The van der Waals surface area contributed by atoms with Crippen LogP contribution in [-0.2, 0) is 5.75 Å². The molecule has 0 bridgehead atoms. The minimum atomic E-state index is -0.945. The van der Waals surface area contributed by atoms with E-state index in [4.69, 9.17) is 10.8 Å². The van der Waals surface area contributed by atoms with Gasteiger partial charge < -0.3 is 10.8 Å². The highest BCUT2D eigenvalue weighted by Crippen LogP contribution is 2.12. The number of nitrogens with zero attached hydrogens (tertiary/aromatic N) is 1. The Kier molecular flexibility index (Phi) is 5.28. The van der Waals surface area contributed by atoms with Crippen molar-refractivity contribution in [2.75, 3.05) is 5.75 Å². The van der Waals surface area contributed by atoms with Gasteiger partial charge in [0, 0.05) is 23.7 Å². The van der Waals surface area contributed by atoms with E-state index in [2.05, 4.69) is 11.9 Å². The van der Waals surface area contributed by atoms with Crippen molar-refractivity contribution in [3.8, 4) is 0 Å². The van der Waals surface area contributed by atoms with Gasteiger partial charge in [0.2, 0.25) is 0 Å². The molecule has 0 radical (unpaired) electrons. The summed E-state index contributed by atoms with van der Waals surface area (Å²) in [5.41, 5.74) is 6.89. The van der Waals surface area contributed by atoms with Crippen molar-refractivity contribution in [2.24, 2.45) is 5.73 Å². The zero-order valence-electron chi connectivity index (χ0n) is 9.22. The van der Waals surface area contributed by atoms with E-state index in [0.29, 0.717) is 0 Å². The summed E-state index contributed by atoms with van der Waals surface area (Å²) in [7, 11) is 0. The maximum absolute atomic E-state index is 10.6. The summed E-state index contributed by atoms with van der Waals surface area (Å²) in [6.45, 7) is 2.06. The second-order valence-corrected chi connectivity index (χ2v) is 4.56. The Labute approximate surface area is 99.3 Å². The van der Waals surface area contributed by atoms with Crippen molar-refractivity contribution in [1.29, 1.82) is 0 Å². The second-order valence-electron chi connectivity index (χ2n) is 3.53. The average Bonchev–Trinajstić information content (AvgIpc) is 2.29. The molecule has 0 aliphatic rings. The van der Waals surface area contributed by atoms with Crippen LogP contribution in [0, 0.1) is 0 Å². The van der Waals surface area contributed by atoms with Crippen LogP contribution in [0.1, 0.15) is 29.4 Å². The molecule has 0 amide bonds. The number of nitrogens with two attached hydrogens (primary N) is 1. The summed E-state index contributed by atoms with van der Waals surface area (Å²) < 4.78 is 0. The predicted octanol–water partition coefficient (Wildman–Crippen LogP) is 1.75. The van der Waals surface area contributed by atoms with E-state index in [1.54, 1.807) is 23.9 Å². The molecule has 5 heteroatoms. The van der Waals surface area contributed by atoms with Crippen LogP contribution < -0.4 is 5.73 Å². The molecule has 1 rings (SSSR count). The molecule has 0 aromatic carbocycles. The van der Waals surface area contributed by atoms with Crippen molar-refractivity contribution in [3.05, 3.63) is 29.6 Å². The number of carboxylic acid groups (broad SMARTS) is 1. The molecule has 1 unspecified atom stereocenters. The number of thioether (sulfide) groups is 1. The van der Waals surface area contributed by atoms with Gasteiger partial charge in [-0.15, -0.1) is 0 Å². The third kappa shape index (κ3) is 4.20. The minimum Gasteiger partial charge on any atom is -0.478 e. The lowest BCUT2D eigenvalue weighted by Gasteiger charge is -2.07. The van der Waals surface area contributed by atoms with Crippen LogP contribution >= 0.6 is 11.8 Å². The fourth-order valence-corrected chi connectivity index (χ4v) is 2.11. The Morgan fingerprint density at radius 2 is 2.38 bits per heavy atom. The van der Waals surface area contributed by atoms with Gasteiger partial charge in [0.05, 0.1) is 11.3 Å². The van der Waals surface area contributed by atoms with Crippen LogP contribution in [0.2, 0.25) is 0 Å². The van der Waals surface area contributed by atoms with Crippen molar-refractivity contribution in [1.82, 2.24) is 4.98 Å². The van der Waals surface area contributed by atoms with Gasteiger partial charge in [-0.3, -0.25) is 4.98 Å². The number of pyridine rings is 1. The number of aromatic carboxylic acids is 1. The van der Waals surface area contributed by atoms with Gasteiger partial charge in [-0.25, -0.2) is 4.79 Å². The first-order valence-corrected chi connectivity index (χ1v) is 6.30. The first-order valence-electron chi connectivity index (χ1n) is 5.15. The van der Waals surface area contributed by atoms with Gasteiger partial charge in [0.25, 0.3) is 0 Å². The van der Waals surface area contributed by atoms with Crippen molar-refractivity contribution in [3.63, 3.8) is 0 Å². The highest BCUT2D eigenvalue weighted by Gasteiger charge is 2.04. The molecule has 1 heterocycles. The maximum Gasteiger partial charge on any atom is 0.337 e. The van der Waals surface area contributed by atoms with Crippen LogP contribution in [0.25, 0.3) is 0 Å². The SMILES string of the molecule is CCC(N)CSCc1ccc(C(=O)O)cn1. The van der Waals surface area contributed by atoms with Crippen LogP contribution in [0.3, 0.4) is 0 Å². The van der Waals surface area contributed by atoms with E-state index in [1.165, 1.54) is 6.20 Å². The number of aromatic nitrogens is 1. The Morgan fingerprint density at radius 1 is 1.62 bits per heavy atom. The number of hydrogen-bond acceptors (Lipinski definition) is 4. The Balaban J connectivity index is 2.40. The highest BCUT2D eigenvalue weighted by atomic mass is 32.2. The molecule has 0 fully saturated rings.